The van der Waals surface area contributed by atoms with E-state index in [0.717, 1.165) is 5.56 Å². The maximum absolute atomic E-state index is 12.0. The number of benzene rings is 2. The van der Waals surface area contributed by atoms with Gasteiger partial charge in [0.2, 0.25) is 5.91 Å². The number of carboxylic acid groups (broad SMARTS) is 3. The number of carbonyl (C=O) groups is 4. The van der Waals surface area contributed by atoms with E-state index >= 15 is 0 Å². The molecule has 0 saturated carbocycles. The number of carbonyl (C=O) groups excluding carboxylic acids is 1. The third kappa shape index (κ3) is 15.0. The average Bonchev–Trinajstić information content (AvgIpc) is 2.92. The van der Waals surface area contributed by atoms with Crippen LogP contribution in [0.25, 0.3) is 0 Å². The monoisotopic (exact) mass is 603 g/mol. The van der Waals surface area contributed by atoms with Gasteiger partial charge in [-0.3, -0.25) is 29.0 Å². The summed E-state index contributed by atoms with van der Waals surface area (Å²) in [4.78, 5) is 49.2. The number of phenolic OH excluding ortho intramolecular Hbond substituents is 2. The zero-order valence-corrected chi connectivity index (χ0v) is 25.4. The molecule has 0 unspecified atom stereocenters. The van der Waals surface area contributed by atoms with Gasteiger partial charge < -0.3 is 30.8 Å². The molecular weight excluding hydrogens is 558 g/mol. The first-order valence-electron chi connectivity index (χ1n) is 14.3. The van der Waals surface area contributed by atoms with Crippen LogP contribution in [0, 0.1) is 0 Å². The first-order valence-corrected chi connectivity index (χ1v) is 14.3. The van der Waals surface area contributed by atoms with Crippen LogP contribution in [0.5, 0.6) is 11.5 Å². The first kappa shape index (κ1) is 36.9. The Morgan fingerprint density at radius 1 is 0.698 bits per heavy atom. The highest BCUT2D eigenvalue weighted by molar-refractivity contribution is 5.76. The Kier molecular flexibility index (Phi) is 16.4. The topological polar surface area (TPSA) is 188 Å². The van der Waals surface area contributed by atoms with Crippen molar-refractivity contribution in [3.63, 3.8) is 0 Å². The number of hydrogen-bond acceptors (Lipinski definition) is 8. The molecule has 238 valence electrons. The minimum Gasteiger partial charge on any atom is -0.508 e. The smallest absolute Gasteiger partial charge is 0.317 e. The normalized spacial score (nSPS) is 10.9. The summed E-state index contributed by atoms with van der Waals surface area (Å²) in [5.74, 6) is -3.35. The van der Waals surface area contributed by atoms with Gasteiger partial charge in [-0.15, -0.1) is 0 Å². The fourth-order valence-electron chi connectivity index (χ4n) is 4.32. The van der Waals surface area contributed by atoms with Crippen LogP contribution in [0.4, 0.5) is 0 Å². The molecule has 0 fully saturated rings. The Bertz CT molecular complexity index is 1220. The molecule has 12 heteroatoms. The number of aliphatic carboxylic acids is 3. The van der Waals surface area contributed by atoms with Gasteiger partial charge in [0.05, 0.1) is 13.1 Å². The highest BCUT2D eigenvalue weighted by Gasteiger charge is 2.18. The lowest BCUT2D eigenvalue weighted by molar-refractivity contribution is -0.140. The van der Waals surface area contributed by atoms with Crippen LogP contribution < -0.4 is 5.32 Å². The van der Waals surface area contributed by atoms with Gasteiger partial charge in [0.1, 0.15) is 11.5 Å². The highest BCUT2D eigenvalue weighted by Crippen LogP contribution is 2.23. The van der Waals surface area contributed by atoms with Gasteiger partial charge in [-0.2, -0.15) is 0 Å². The van der Waals surface area contributed by atoms with E-state index in [2.05, 4.69) is 5.32 Å². The molecule has 0 aliphatic heterocycles. The van der Waals surface area contributed by atoms with Crippen LogP contribution in [-0.2, 0) is 45.1 Å². The number of amides is 1. The second-order valence-corrected chi connectivity index (χ2v) is 10.3. The number of nitrogens with zero attached hydrogens (tertiary/aromatic N) is 2. The SMILES string of the molecule is CC.CC(C)NC(=O)CCc1ccc(O)c(CN(CCN(CC(=O)O)Cc2cc(CCC(=O)O)ccc2O)CC(=O)O)c1. The number of aromatic hydroxyl groups is 2. The van der Waals surface area contributed by atoms with Crippen molar-refractivity contribution in [2.45, 2.75) is 72.5 Å². The Labute approximate surface area is 252 Å². The van der Waals surface area contributed by atoms with E-state index in [0.29, 0.717) is 23.1 Å². The van der Waals surface area contributed by atoms with Crippen molar-refractivity contribution in [2.24, 2.45) is 0 Å². The highest BCUT2D eigenvalue weighted by atomic mass is 16.4. The van der Waals surface area contributed by atoms with Gasteiger partial charge in [-0.25, -0.2) is 0 Å². The van der Waals surface area contributed by atoms with E-state index in [1.165, 1.54) is 17.0 Å². The van der Waals surface area contributed by atoms with Gasteiger partial charge in [-0.1, -0.05) is 38.1 Å². The molecule has 43 heavy (non-hydrogen) atoms. The van der Waals surface area contributed by atoms with Crippen molar-refractivity contribution in [1.29, 1.82) is 0 Å². The van der Waals surface area contributed by atoms with E-state index in [4.69, 9.17) is 5.11 Å². The predicted octanol–water partition coefficient (Wildman–Crippen LogP) is 3.07. The van der Waals surface area contributed by atoms with Crippen molar-refractivity contribution in [2.75, 3.05) is 26.2 Å². The van der Waals surface area contributed by atoms with Crippen molar-refractivity contribution in [3.05, 3.63) is 58.7 Å². The van der Waals surface area contributed by atoms with Crippen LogP contribution in [0.1, 0.15) is 62.8 Å². The number of nitrogens with one attached hydrogen (secondary N) is 1. The van der Waals surface area contributed by atoms with E-state index in [9.17, 15) is 39.6 Å². The summed E-state index contributed by atoms with van der Waals surface area (Å²) in [5.41, 5.74) is 2.38. The third-order valence-corrected chi connectivity index (χ3v) is 6.24. The lowest BCUT2D eigenvalue weighted by Gasteiger charge is -2.26. The summed E-state index contributed by atoms with van der Waals surface area (Å²) in [5, 5.41) is 51.4. The Morgan fingerprint density at radius 2 is 1.12 bits per heavy atom. The first-order chi connectivity index (χ1) is 20.3. The molecule has 2 aromatic rings. The summed E-state index contributed by atoms with van der Waals surface area (Å²) in [6, 6.07) is 9.62. The molecule has 0 aromatic heterocycles. The zero-order chi connectivity index (χ0) is 32.5. The largest absolute Gasteiger partial charge is 0.508 e. The maximum atomic E-state index is 12.0. The second-order valence-electron chi connectivity index (χ2n) is 10.3. The summed E-state index contributed by atoms with van der Waals surface area (Å²) in [6.07, 6.45) is 0.854. The molecule has 0 heterocycles. The van der Waals surface area contributed by atoms with Crippen LogP contribution in [-0.4, -0.2) is 91.4 Å². The standard InChI is InChI=1S/C29H39N3O9.C2H6/c1-19(2)30-26(35)9-5-20-3-7-24(33)22(13-20)15-31(17-28(38)39)11-12-32(18-29(40)41)16-23-14-21(4-8-25(23)34)6-10-27(36)37;1-2/h3-4,7-8,13-14,19,33-34H,5-6,9-12,15-18H2,1-2H3,(H,30,35)(H,36,37)(H,38,39)(H,40,41);1-2H3. The number of carboxylic acids is 3. The Morgan fingerprint density at radius 3 is 1.49 bits per heavy atom. The van der Waals surface area contributed by atoms with Gasteiger partial charge in [0.15, 0.2) is 0 Å². The molecule has 0 aliphatic rings. The van der Waals surface area contributed by atoms with Gasteiger partial charge in [-0.05, 0) is 49.9 Å². The molecule has 0 spiro atoms. The molecular formula is C31H45N3O9. The van der Waals surface area contributed by atoms with Crippen molar-refractivity contribution < 1.29 is 44.7 Å². The second kappa shape index (κ2) is 19.1. The Hall–Kier alpha value is -4.16. The lowest BCUT2D eigenvalue weighted by atomic mass is 10.0. The average molecular weight is 604 g/mol. The molecule has 0 bridgehead atoms. The molecule has 2 aromatic carbocycles. The molecule has 0 aliphatic carbocycles. The summed E-state index contributed by atoms with van der Waals surface area (Å²) in [7, 11) is 0. The lowest BCUT2D eigenvalue weighted by Crippen LogP contribution is -2.39. The number of rotatable bonds is 18. The van der Waals surface area contributed by atoms with E-state index in [1.807, 2.05) is 27.7 Å². The number of hydrogen-bond donors (Lipinski definition) is 6. The van der Waals surface area contributed by atoms with Crippen molar-refractivity contribution in [1.82, 2.24) is 15.1 Å². The molecule has 2 rings (SSSR count). The molecule has 6 N–H and O–H groups in total. The summed E-state index contributed by atoms with van der Waals surface area (Å²) in [6.45, 7) is 7.38. The van der Waals surface area contributed by atoms with Crippen molar-refractivity contribution in [3.8, 4) is 11.5 Å². The fraction of sp³-hybridized carbons (Fsp3) is 0.484. The van der Waals surface area contributed by atoms with Gasteiger partial charge >= 0.3 is 17.9 Å². The quantitative estimate of drug-likeness (QED) is 0.147. The van der Waals surface area contributed by atoms with Gasteiger partial charge in [0.25, 0.3) is 0 Å². The van der Waals surface area contributed by atoms with Crippen molar-refractivity contribution >= 4 is 23.8 Å². The van der Waals surface area contributed by atoms with E-state index in [1.54, 1.807) is 29.2 Å². The molecule has 0 atom stereocenters. The molecule has 12 nitrogen and oxygen atoms in total. The zero-order valence-electron chi connectivity index (χ0n) is 25.4. The maximum Gasteiger partial charge on any atom is 0.317 e. The van der Waals surface area contributed by atoms with Gasteiger partial charge in [0, 0.05) is 56.2 Å². The van der Waals surface area contributed by atoms with E-state index in [-0.39, 0.29) is 82.0 Å². The Balaban J connectivity index is 0.00000452. The minimum absolute atomic E-state index is 0.0213. The minimum atomic E-state index is -1.11. The third-order valence-electron chi connectivity index (χ3n) is 6.24. The van der Waals surface area contributed by atoms with Crippen LogP contribution in [0.3, 0.4) is 0 Å². The van der Waals surface area contributed by atoms with Crippen LogP contribution >= 0.6 is 0 Å². The summed E-state index contributed by atoms with van der Waals surface area (Å²) < 4.78 is 0. The molecule has 0 radical (unpaired) electrons. The van der Waals surface area contributed by atoms with E-state index < -0.39 is 17.9 Å². The number of phenols is 2. The predicted molar refractivity (Wildman–Crippen MR) is 161 cm³/mol. The number of aryl methyl sites for hydroxylation is 2. The molecule has 0 saturated heterocycles. The van der Waals surface area contributed by atoms with Crippen LogP contribution in [0.2, 0.25) is 0 Å². The summed E-state index contributed by atoms with van der Waals surface area (Å²) >= 11 is 0. The fourth-order valence-corrected chi connectivity index (χ4v) is 4.32. The molecule has 1 amide bonds. The van der Waals surface area contributed by atoms with Crippen LogP contribution in [0.15, 0.2) is 36.4 Å².